The van der Waals surface area contributed by atoms with Crippen LogP contribution in [0.5, 0.6) is 0 Å². The zero-order valence-electron chi connectivity index (χ0n) is 37.1. The van der Waals surface area contributed by atoms with Crippen molar-refractivity contribution in [3.8, 4) is 68.1 Å². The van der Waals surface area contributed by atoms with Crippen LogP contribution in [0.15, 0.2) is 215 Å². The van der Waals surface area contributed by atoms with Crippen LogP contribution >= 0.6 is 0 Å². The van der Waals surface area contributed by atoms with Gasteiger partial charge < -0.3 is 28.9 Å². The minimum absolute atomic E-state index is 0.323. The van der Waals surface area contributed by atoms with Gasteiger partial charge in [0, 0.05) is 49.3 Å². The second-order valence-electron chi connectivity index (χ2n) is 16.0. The number of para-hydroxylation sites is 4. The summed E-state index contributed by atoms with van der Waals surface area (Å²) in [6, 6.07) is 67.3. The van der Waals surface area contributed by atoms with Crippen molar-refractivity contribution in [2.24, 2.45) is 0 Å². The molecule has 0 bridgehead atoms. The maximum atomic E-state index is 9.83. The van der Waals surface area contributed by atoms with Gasteiger partial charge in [0.2, 0.25) is 0 Å². The molecule has 69 heavy (non-hydrogen) atoms. The highest BCUT2D eigenvalue weighted by Crippen LogP contribution is 2.37. The Hall–Kier alpha value is -8.58. The predicted octanol–water partition coefficient (Wildman–Crippen LogP) is 10.9. The first kappa shape index (κ1) is 44.3. The number of hydrogen-bond acceptors (Lipinski definition) is 11. The average Bonchev–Trinajstić information content (AvgIpc) is 3.98. The molecule has 4 N–H and O–H groups in total. The van der Waals surface area contributed by atoms with Crippen LogP contribution in [-0.2, 0) is 0 Å². The number of benzene rings is 8. The largest absolute Gasteiger partial charge is 0.492 e. The molecule has 0 spiro atoms. The highest BCUT2D eigenvalue weighted by Gasteiger charge is 2.22. The minimum atomic E-state index is -1.63. The molecule has 12 aromatic rings. The smallest absolute Gasteiger partial charge is 0.456 e. The molecule has 8 aromatic carbocycles. The highest BCUT2D eigenvalue weighted by atomic mass is 16.4. The normalized spacial score (nSPS) is 11.0. The zero-order valence-corrected chi connectivity index (χ0v) is 37.1. The Morgan fingerprint density at radius 2 is 0.725 bits per heavy atom. The lowest BCUT2D eigenvalue weighted by Crippen LogP contribution is -2.29. The summed E-state index contributed by atoms with van der Waals surface area (Å²) in [7, 11) is -2.80. The Kier molecular flexibility index (Phi) is 12.6. The Bertz CT molecular complexity index is 3590. The van der Waals surface area contributed by atoms with E-state index in [0.717, 1.165) is 77.5 Å². The van der Waals surface area contributed by atoms with Crippen LogP contribution in [0.1, 0.15) is 0 Å². The number of rotatable bonds is 7. The third kappa shape index (κ3) is 9.39. The summed E-state index contributed by atoms with van der Waals surface area (Å²) in [5.74, 6) is 2.41. The van der Waals surface area contributed by atoms with Gasteiger partial charge in [-0.15, -0.1) is 0 Å². The van der Waals surface area contributed by atoms with Crippen LogP contribution in [0.3, 0.4) is 0 Å². The molecule has 4 aromatic heterocycles. The Morgan fingerprint density at radius 3 is 1.23 bits per heavy atom. The van der Waals surface area contributed by atoms with Gasteiger partial charge in [0.05, 0.1) is 22.5 Å². The second kappa shape index (κ2) is 19.7. The SMILES string of the molecule is CB(O)O.OB(O)c1cccc2c1oc1c(-c3nc(-c4ccccc4)cc(-c4ccccc4)n3)cccc12.c1ccc(-c2nc(-c3ccccc3)nc(-c3cccc4c3oc3ccccc34)n2)cc1. The van der Waals surface area contributed by atoms with Gasteiger partial charge in [-0.1, -0.05) is 182 Å². The van der Waals surface area contributed by atoms with Crippen molar-refractivity contribution < 1.29 is 28.9 Å². The lowest BCUT2D eigenvalue weighted by Gasteiger charge is -2.09. The molecule has 332 valence electrons. The fourth-order valence-corrected chi connectivity index (χ4v) is 8.15. The van der Waals surface area contributed by atoms with Gasteiger partial charge in [-0.25, -0.2) is 24.9 Å². The lowest BCUT2D eigenvalue weighted by molar-refractivity contribution is 0.417. The van der Waals surface area contributed by atoms with Gasteiger partial charge in [0.1, 0.15) is 22.3 Å². The van der Waals surface area contributed by atoms with E-state index in [1.807, 2.05) is 182 Å². The van der Waals surface area contributed by atoms with Gasteiger partial charge in [-0.2, -0.15) is 0 Å². The van der Waals surface area contributed by atoms with Gasteiger partial charge >= 0.3 is 14.2 Å². The molecular formula is C56H41B2N5O6. The zero-order chi connectivity index (χ0) is 47.3. The van der Waals surface area contributed by atoms with Crippen molar-refractivity contribution in [2.45, 2.75) is 6.82 Å². The van der Waals surface area contributed by atoms with Crippen LogP contribution in [-0.4, -0.2) is 59.3 Å². The Morgan fingerprint density at radius 1 is 0.348 bits per heavy atom. The molecule has 0 aliphatic rings. The van der Waals surface area contributed by atoms with Crippen LogP contribution in [0.2, 0.25) is 6.82 Å². The fourth-order valence-electron chi connectivity index (χ4n) is 8.15. The molecule has 0 saturated carbocycles. The molecule has 0 radical (unpaired) electrons. The Balaban J connectivity index is 0.000000149. The summed E-state index contributed by atoms with van der Waals surface area (Å²) in [5.41, 5.74) is 10.1. The number of aromatic nitrogens is 5. The second-order valence-corrected chi connectivity index (χ2v) is 16.0. The third-order valence-electron chi connectivity index (χ3n) is 11.3. The summed E-state index contributed by atoms with van der Waals surface area (Å²) in [4.78, 5) is 24.3. The van der Waals surface area contributed by atoms with Crippen molar-refractivity contribution in [2.75, 3.05) is 0 Å². The van der Waals surface area contributed by atoms with E-state index >= 15 is 0 Å². The average molecular weight is 902 g/mol. The van der Waals surface area contributed by atoms with Gasteiger partial charge in [-0.05, 0) is 31.1 Å². The first-order valence-electron chi connectivity index (χ1n) is 22.2. The van der Waals surface area contributed by atoms with Crippen molar-refractivity contribution in [3.63, 3.8) is 0 Å². The van der Waals surface area contributed by atoms with E-state index in [2.05, 4.69) is 12.1 Å². The Labute approximate surface area is 397 Å². The standard InChI is InChI=1S/C28H19BN2O3.C27H17N3O.CH5BO2/c32-29(33)23-16-8-14-21-20-13-7-15-22(26(20)34-27(21)23)28-30-24(18-9-3-1-4-10-18)17-25(31-28)19-11-5-2-6-12-19;1-3-10-18(11-4-1)25-28-26(19-12-5-2-6-13-19)30-27(29-25)22-16-9-15-21-20-14-7-8-17-23(20)31-24(21)22;1-2(3)4/h1-17,32-33H;1-17H;3-4H,1H3. The van der Waals surface area contributed by atoms with E-state index in [1.54, 1.807) is 12.1 Å². The third-order valence-corrected chi connectivity index (χ3v) is 11.3. The minimum Gasteiger partial charge on any atom is -0.456 e. The highest BCUT2D eigenvalue weighted by molar-refractivity contribution is 6.61. The molecule has 12 rings (SSSR count). The summed E-state index contributed by atoms with van der Waals surface area (Å²) < 4.78 is 12.5. The molecule has 0 aliphatic heterocycles. The number of nitrogens with zero attached hydrogens (tertiary/aromatic N) is 5. The van der Waals surface area contributed by atoms with Crippen molar-refractivity contribution in [3.05, 3.63) is 206 Å². The van der Waals surface area contributed by atoms with Crippen LogP contribution in [0, 0.1) is 0 Å². The van der Waals surface area contributed by atoms with Gasteiger partial charge in [-0.3, -0.25) is 0 Å². The van der Waals surface area contributed by atoms with Crippen LogP contribution in [0.25, 0.3) is 112 Å². The van der Waals surface area contributed by atoms with Crippen molar-refractivity contribution >= 4 is 63.6 Å². The maximum Gasteiger partial charge on any atom is 0.492 e. The van der Waals surface area contributed by atoms with Crippen molar-refractivity contribution in [1.29, 1.82) is 0 Å². The molecule has 4 heterocycles. The first-order valence-corrected chi connectivity index (χ1v) is 22.2. The molecule has 0 amide bonds. The van der Waals surface area contributed by atoms with Gasteiger partial charge in [0.15, 0.2) is 23.3 Å². The van der Waals surface area contributed by atoms with E-state index in [1.165, 1.54) is 6.82 Å². The van der Waals surface area contributed by atoms with E-state index in [0.29, 0.717) is 39.9 Å². The molecule has 0 fully saturated rings. The van der Waals surface area contributed by atoms with E-state index < -0.39 is 14.2 Å². The molecule has 13 heteroatoms. The van der Waals surface area contributed by atoms with E-state index in [-0.39, 0.29) is 0 Å². The summed E-state index contributed by atoms with van der Waals surface area (Å²) in [6.45, 7) is 1.28. The molecule has 0 unspecified atom stereocenters. The monoisotopic (exact) mass is 901 g/mol. The van der Waals surface area contributed by atoms with E-state index in [9.17, 15) is 10.0 Å². The molecule has 11 nitrogen and oxygen atoms in total. The lowest BCUT2D eigenvalue weighted by atomic mass is 9.79. The van der Waals surface area contributed by atoms with Crippen LogP contribution < -0.4 is 5.46 Å². The summed E-state index contributed by atoms with van der Waals surface area (Å²) in [6.07, 6.45) is 0. The topological polar surface area (TPSA) is 172 Å². The van der Waals surface area contributed by atoms with Crippen molar-refractivity contribution in [1.82, 2.24) is 24.9 Å². The quantitative estimate of drug-likeness (QED) is 0.112. The predicted molar refractivity (Wildman–Crippen MR) is 275 cm³/mol. The number of fused-ring (bicyclic) bond motifs is 6. The molecule has 0 atom stereocenters. The summed E-state index contributed by atoms with van der Waals surface area (Å²) in [5, 5.41) is 38.7. The molecule has 0 aliphatic carbocycles. The first-order chi connectivity index (χ1) is 33.8. The van der Waals surface area contributed by atoms with Gasteiger partial charge in [0.25, 0.3) is 0 Å². The maximum absolute atomic E-state index is 9.83. The van der Waals surface area contributed by atoms with E-state index in [4.69, 9.17) is 43.8 Å². The van der Waals surface area contributed by atoms with Crippen LogP contribution in [0.4, 0.5) is 0 Å². The number of furan rings is 2. The number of hydrogen-bond donors (Lipinski definition) is 4. The molecular weight excluding hydrogens is 860 g/mol. The molecule has 0 saturated heterocycles. The fraction of sp³-hybridized carbons (Fsp3) is 0.0179. The summed E-state index contributed by atoms with van der Waals surface area (Å²) >= 11 is 0.